The molecule has 17 nitrogen and oxygen atoms in total. The van der Waals surface area contributed by atoms with Crippen LogP contribution < -0.4 is 0 Å². The fraction of sp³-hybridized carbons (Fsp3) is 0.896. The van der Waals surface area contributed by atoms with E-state index in [2.05, 4.69) is 72.8 Å². The van der Waals surface area contributed by atoms with Gasteiger partial charge in [0, 0.05) is 25.7 Å². The first-order valence-electron chi connectivity index (χ1n) is 39.2. The van der Waals surface area contributed by atoms with Crippen molar-refractivity contribution in [3.05, 3.63) is 24.3 Å². The van der Waals surface area contributed by atoms with Gasteiger partial charge in [0.15, 0.2) is 12.2 Å². The number of carbonyl (C=O) groups is 4. The first-order valence-corrected chi connectivity index (χ1v) is 42.2. The summed E-state index contributed by atoms with van der Waals surface area (Å²) in [6, 6.07) is 0. The summed E-state index contributed by atoms with van der Waals surface area (Å²) in [6.45, 7) is 11.8. The number of unbranched alkanes of at least 4 members (excludes halogenated alkanes) is 38. The van der Waals surface area contributed by atoms with E-state index >= 15 is 0 Å². The van der Waals surface area contributed by atoms with E-state index in [-0.39, 0.29) is 25.7 Å². The molecule has 0 fully saturated rings. The number of esters is 4. The Morgan fingerprint density at radius 3 is 0.844 bits per heavy atom. The number of phosphoric ester groups is 2. The Hall–Kier alpha value is -2.46. The van der Waals surface area contributed by atoms with Crippen LogP contribution in [0.5, 0.6) is 0 Å². The fourth-order valence-corrected chi connectivity index (χ4v) is 12.8. The van der Waals surface area contributed by atoms with Crippen molar-refractivity contribution >= 4 is 39.5 Å². The molecule has 566 valence electrons. The van der Waals surface area contributed by atoms with Gasteiger partial charge in [-0.2, -0.15) is 0 Å². The van der Waals surface area contributed by atoms with E-state index in [1.165, 1.54) is 154 Å². The molecule has 0 bridgehead atoms. The number of allylic oxidation sites excluding steroid dienone is 4. The number of ether oxygens (including phenoxy) is 4. The largest absolute Gasteiger partial charge is 0.472 e. The van der Waals surface area contributed by atoms with E-state index in [1.807, 2.05) is 0 Å². The molecule has 0 rings (SSSR count). The Morgan fingerprint density at radius 2 is 0.562 bits per heavy atom. The molecule has 0 saturated heterocycles. The van der Waals surface area contributed by atoms with E-state index in [0.717, 1.165) is 127 Å². The van der Waals surface area contributed by atoms with Gasteiger partial charge in [-0.25, -0.2) is 9.13 Å². The number of aliphatic hydroxyl groups excluding tert-OH is 1. The maximum absolute atomic E-state index is 13.1. The maximum atomic E-state index is 13.1. The summed E-state index contributed by atoms with van der Waals surface area (Å²) in [5.41, 5.74) is 0. The Labute approximate surface area is 586 Å². The Kier molecular flexibility index (Phi) is 65.3. The van der Waals surface area contributed by atoms with Crippen molar-refractivity contribution in [1.82, 2.24) is 0 Å². The molecule has 0 saturated carbocycles. The molecule has 0 aliphatic carbocycles. The van der Waals surface area contributed by atoms with Crippen LogP contribution in [0.4, 0.5) is 0 Å². The van der Waals surface area contributed by atoms with Gasteiger partial charge in [-0.05, 0) is 69.1 Å². The lowest BCUT2D eigenvalue weighted by Gasteiger charge is -2.21. The molecule has 3 N–H and O–H groups in total. The molecule has 5 atom stereocenters. The molecule has 0 aliphatic heterocycles. The molecule has 0 spiro atoms. The summed E-state index contributed by atoms with van der Waals surface area (Å²) < 4.78 is 68.5. The third-order valence-corrected chi connectivity index (χ3v) is 19.2. The minimum Gasteiger partial charge on any atom is -0.462 e. The van der Waals surface area contributed by atoms with Crippen LogP contribution in [0.1, 0.15) is 370 Å². The number of rotatable bonds is 73. The topological polar surface area (TPSA) is 237 Å². The van der Waals surface area contributed by atoms with Crippen molar-refractivity contribution in [2.24, 2.45) is 17.8 Å². The Balaban J connectivity index is 5.27. The lowest BCUT2D eigenvalue weighted by atomic mass is 10.0. The zero-order chi connectivity index (χ0) is 70.9. The van der Waals surface area contributed by atoms with Crippen LogP contribution in [0, 0.1) is 17.8 Å². The summed E-state index contributed by atoms with van der Waals surface area (Å²) in [5.74, 6) is 0.0932. The lowest BCUT2D eigenvalue weighted by Crippen LogP contribution is -2.30. The second-order valence-electron chi connectivity index (χ2n) is 28.5. The van der Waals surface area contributed by atoms with Crippen LogP contribution in [0.2, 0.25) is 0 Å². The summed E-state index contributed by atoms with van der Waals surface area (Å²) in [6.07, 6.45) is 56.4. The average Bonchev–Trinajstić information content (AvgIpc) is 1.31. The Morgan fingerprint density at radius 1 is 0.323 bits per heavy atom. The van der Waals surface area contributed by atoms with Gasteiger partial charge >= 0.3 is 39.5 Å². The number of aliphatic hydroxyl groups is 1. The highest BCUT2D eigenvalue weighted by Crippen LogP contribution is 2.45. The van der Waals surface area contributed by atoms with Crippen LogP contribution in [0.3, 0.4) is 0 Å². The molecule has 0 radical (unpaired) electrons. The predicted octanol–water partition coefficient (Wildman–Crippen LogP) is 22.1. The van der Waals surface area contributed by atoms with Crippen LogP contribution in [0.15, 0.2) is 24.3 Å². The number of hydrogen-bond donors (Lipinski definition) is 3. The molecule has 0 amide bonds. The monoisotopic (exact) mass is 1410 g/mol. The van der Waals surface area contributed by atoms with E-state index in [4.69, 9.17) is 37.0 Å². The first kappa shape index (κ1) is 93.5. The van der Waals surface area contributed by atoms with Crippen LogP contribution in [-0.2, 0) is 65.4 Å². The van der Waals surface area contributed by atoms with Gasteiger partial charge < -0.3 is 33.8 Å². The first-order chi connectivity index (χ1) is 46.2. The van der Waals surface area contributed by atoms with Gasteiger partial charge in [0.25, 0.3) is 0 Å². The van der Waals surface area contributed by atoms with Gasteiger partial charge in [-0.3, -0.25) is 37.3 Å². The normalized spacial score (nSPS) is 14.2. The summed E-state index contributed by atoms with van der Waals surface area (Å²) in [5, 5.41) is 10.6. The van der Waals surface area contributed by atoms with Gasteiger partial charge in [0.05, 0.1) is 26.4 Å². The molecule has 96 heavy (non-hydrogen) atoms. The third kappa shape index (κ3) is 70.0. The summed E-state index contributed by atoms with van der Waals surface area (Å²) >= 11 is 0. The number of carbonyl (C=O) groups excluding carboxylic acids is 4. The van der Waals surface area contributed by atoms with Gasteiger partial charge in [-0.1, -0.05) is 317 Å². The molecular formula is C77H146O17P2. The fourth-order valence-electron chi connectivity index (χ4n) is 11.2. The molecule has 2 unspecified atom stereocenters. The Bertz CT molecular complexity index is 1960. The second kappa shape index (κ2) is 67.1. The molecule has 0 aromatic rings. The average molecular weight is 1410 g/mol. The highest BCUT2D eigenvalue weighted by atomic mass is 31.2. The van der Waals surface area contributed by atoms with Gasteiger partial charge in [-0.15, -0.1) is 0 Å². The summed E-state index contributed by atoms with van der Waals surface area (Å²) in [7, 11) is -9.92. The van der Waals surface area contributed by atoms with Crippen molar-refractivity contribution in [2.75, 3.05) is 39.6 Å². The number of hydrogen-bond acceptors (Lipinski definition) is 15. The van der Waals surface area contributed by atoms with E-state index in [1.54, 1.807) is 0 Å². The van der Waals surface area contributed by atoms with Gasteiger partial charge in [0.2, 0.25) is 0 Å². The van der Waals surface area contributed by atoms with Crippen molar-refractivity contribution in [3.63, 3.8) is 0 Å². The highest BCUT2D eigenvalue weighted by molar-refractivity contribution is 7.47. The molecule has 19 heteroatoms. The summed E-state index contributed by atoms with van der Waals surface area (Å²) in [4.78, 5) is 72.8. The minimum absolute atomic E-state index is 0.100. The number of phosphoric acid groups is 2. The van der Waals surface area contributed by atoms with E-state index in [0.29, 0.717) is 31.6 Å². The van der Waals surface area contributed by atoms with E-state index in [9.17, 15) is 43.2 Å². The SMILES string of the molecule is CCCCCC/C=C\C=C/CCCCCCCC(=O)OC[C@H](COP(=O)(O)OC[C@@H](O)COP(=O)(O)OC[C@@H](COC(=O)CCCCCCCCC(C)C)OC(=O)CCCCCCCCCCCCCC(C)C)OC(=O)CCCCCCCCCCCCCCCCCC(C)C. The van der Waals surface area contributed by atoms with Crippen LogP contribution >= 0.6 is 15.6 Å². The molecule has 0 aromatic heterocycles. The van der Waals surface area contributed by atoms with Crippen molar-refractivity contribution in [3.8, 4) is 0 Å². The molecule has 0 aromatic carbocycles. The second-order valence-corrected chi connectivity index (χ2v) is 31.4. The van der Waals surface area contributed by atoms with Crippen molar-refractivity contribution in [1.29, 1.82) is 0 Å². The van der Waals surface area contributed by atoms with Crippen molar-refractivity contribution < 1.29 is 80.2 Å². The highest BCUT2D eigenvalue weighted by Gasteiger charge is 2.30. The maximum Gasteiger partial charge on any atom is 0.472 e. The zero-order valence-corrected chi connectivity index (χ0v) is 64.1. The minimum atomic E-state index is -4.97. The van der Waals surface area contributed by atoms with Gasteiger partial charge in [0.1, 0.15) is 19.3 Å². The van der Waals surface area contributed by atoms with Crippen LogP contribution in [-0.4, -0.2) is 96.7 Å². The van der Waals surface area contributed by atoms with Crippen LogP contribution in [0.25, 0.3) is 0 Å². The van der Waals surface area contributed by atoms with E-state index < -0.39 is 97.5 Å². The molecule has 0 heterocycles. The quantitative estimate of drug-likeness (QED) is 0.0169. The smallest absolute Gasteiger partial charge is 0.462 e. The zero-order valence-electron chi connectivity index (χ0n) is 62.3. The molecular weight excluding hydrogens is 1260 g/mol. The molecule has 0 aliphatic rings. The lowest BCUT2D eigenvalue weighted by molar-refractivity contribution is -0.161. The van der Waals surface area contributed by atoms with Crippen molar-refractivity contribution in [2.45, 2.75) is 388 Å². The third-order valence-electron chi connectivity index (χ3n) is 17.3. The standard InChI is InChI=1S/C77H146O17P2/c1-8-9-10-11-12-13-14-15-17-21-26-31-36-44-51-58-74(79)87-64-72(93-76(81)60-53-46-37-32-27-22-19-16-18-20-24-29-34-41-48-55-68(2)3)66-91-95(83,84)89-62-71(78)63-90-96(85,86)92-67-73(65-88-75(80)59-52-45-40-39-43-50-57-70(6)7)94-77(82)61-54-47-38-33-28-23-25-30-35-42-49-56-69(4)5/h13-15,17,68-73,78H,8-12,16,18-67H2,1-7H3,(H,83,84)(H,85,86)/b14-13-,17-15-/t71-,72-,73-/m1/s1. The predicted molar refractivity (Wildman–Crippen MR) is 390 cm³/mol.